The Hall–Kier alpha value is -1.75. The molecule has 1 unspecified atom stereocenters. The highest BCUT2D eigenvalue weighted by Crippen LogP contribution is 2.35. The summed E-state index contributed by atoms with van der Waals surface area (Å²) in [6.07, 6.45) is 2.35. The topological polar surface area (TPSA) is 44.8 Å². The molecule has 0 aliphatic carbocycles. The molecule has 2 aliphatic heterocycles. The average Bonchev–Trinajstić information content (AvgIpc) is 3.19. The Bertz CT molecular complexity index is 604. The first-order valence-corrected chi connectivity index (χ1v) is 10.5. The zero-order valence-electron chi connectivity index (χ0n) is 17.3. The maximum absolute atomic E-state index is 12.5. The fourth-order valence-corrected chi connectivity index (χ4v) is 4.13. The number of carbonyl (C=O) groups is 1. The molecule has 1 atom stereocenters. The summed E-state index contributed by atoms with van der Waals surface area (Å²) in [5.41, 5.74) is 4.22. The lowest BCUT2D eigenvalue weighted by Gasteiger charge is -2.39. The van der Waals surface area contributed by atoms with Gasteiger partial charge in [-0.2, -0.15) is 0 Å². The third-order valence-corrected chi connectivity index (χ3v) is 5.73. The molecule has 2 aliphatic rings. The molecule has 0 spiro atoms. The quantitative estimate of drug-likeness (QED) is 0.850. The lowest BCUT2D eigenvalue weighted by atomic mass is 9.91. The van der Waals surface area contributed by atoms with Crippen molar-refractivity contribution >= 4 is 11.7 Å². The predicted molar refractivity (Wildman–Crippen MR) is 111 cm³/mol. The maximum atomic E-state index is 12.5. The van der Waals surface area contributed by atoms with Crippen LogP contribution in [0.2, 0.25) is 0 Å². The van der Waals surface area contributed by atoms with Crippen LogP contribution in [0.1, 0.15) is 63.5 Å². The highest BCUT2D eigenvalue weighted by molar-refractivity contribution is 5.74. The van der Waals surface area contributed by atoms with Crippen LogP contribution in [-0.4, -0.2) is 56.4 Å². The Labute approximate surface area is 164 Å². The van der Waals surface area contributed by atoms with Crippen molar-refractivity contribution < 1.29 is 9.53 Å². The largest absolute Gasteiger partial charge is 0.376 e. The van der Waals surface area contributed by atoms with Crippen LogP contribution in [0.3, 0.4) is 0 Å². The van der Waals surface area contributed by atoms with Crippen molar-refractivity contribution in [3.8, 4) is 0 Å². The Morgan fingerprint density at radius 3 is 2.26 bits per heavy atom. The van der Waals surface area contributed by atoms with Crippen LogP contribution >= 0.6 is 0 Å². The molecule has 1 aromatic carbocycles. The number of carbonyl (C=O) groups excluding carboxylic acids is 1. The molecule has 0 radical (unpaired) electrons. The summed E-state index contributed by atoms with van der Waals surface area (Å²) in [6, 6.07) is 6.74. The fourth-order valence-electron chi connectivity index (χ4n) is 4.13. The van der Waals surface area contributed by atoms with Crippen LogP contribution in [-0.2, 0) is 4.74 Å². The second-order valence-corrected chi connectivity index (χ2v) is 8.39. The highest BCUT2D eigenvalue weighted by Gasteiger charge is 2.26. The third-order valence-electron chi connectivity index (χ3n) is 5.73. The molecule has 5 nitrogen and oxygen atoms in total. The Kier molecular flexibility index (Phi) is 6.64. The molecular weight excluding hydrogens is 338 g/mol. The van der Waals surface area contributed by atoms with E-state index in [4.69, 9.17) is 4.74 Å². The molecule has 2 saturated heterocycles. The first-order valence-electron chi connectivity index (χ1n) is 10.5. The van der Waals surface area contributed by atoms with E-state index in [1.54, 1.807) is 0 Å². The minimum Gasteiger partial charge on any atom is -0.376 e. The molecule has 0 aromatic heterocycles. The molecule has 2 amide bonds. The lowest BCUT2D eigenvalue weighted by molar-refractivity contribution is 0.108. The van der Waals surface area contributed by atoms with Gasteiger partial charge in [0.1, 0.15) is 0 Å². The van der Waals surface area contributed by atoms with E-state index < -0.39 is 0 Å². The van der Waals surface area contributed by atoms with E-state index in [-0.39, 0.29) is 12.1 Å². The minimum absolute atomic E-state index is 0.0476. The van der Waals surface area contributed by atoms with E-state index in [2.05, 4.69) is 56.1 Å². The molecule has 0 saturated carbocycles. The molecular formula is C22H35N3O2. The lowest BCUT2D eigenvalue weighted by Crippen LogP contribution is -2.53. The van der Waals surface area contributed by atoms with Gasteiger partial charge in [0.25, 0.3) is 0 Å². The number of nitrogens with one attached hydrogen (secondary N) is 1. The molecule has 0 bridgehead atoms. The van der Waals surface area contributed by atoms with Crippen molar-refractivity contribution in [2.75, 3.05) is 44.2 Å². The SMILES string of the molecule is CC(C)c1cccc(C(C)C)c1N1CCN(C(=O)NCC2CCCO2)CC1. The number of para-hydroxylation sites is 1. The van der Waals surface area contributed by atoms with Gasteiger partial charge in [-0.25, -0.2) is 4.79 Å². The highest BCUT2D eigenvalue weighted by atomic mass is 16.5. The van der Waals surface area contributed by atoms with Crippen molar-refractivity contribution in [2.24, 2.45) is 0 Å². The number of ether oxygens (including phenoxy) is 1. The number of anilines is 1. The fraction of sp³-hybridized carbons (Fsp3) is 0.682. The van der Waals surface area contributed by atoms with Gasteiger partial charge < -0.3 is 19.9 Å². The molecule has 27 heavy (non-hydrogen) atoms. The Balaban J connectivity index is 1.62. The van der Waals surface area contributed by atoms with Crippen LogP contribution in [0.15, 0.2) is 18.2 Å². The molecule has 3 rings (SSSR count). The smallest absolute Gasteiger partial charge is 0.317 e. The normalized spacial score (nSPS) is 20.6. The van der Waals surface area contributed by atoms with Gasteiger partial charge in [-0.3, -0.25) is 0 Å². The number of hydrogen-bond acceptors (Lipinski definition) is 3. The number of benzene rings is 1. The van der Waals surface area contributed by atoms with E-state index in [0.29, 0.717) is 18.4 Å². The molecule has 2 fully saturated rings. The van der Waals surface area contributed by atoms with E-state index in [9.17, 15) is 4.79 Å². The summed E-state index contributed by atoms with van der Waals surface area (Å²) in [4.78, 5) is 16.9. The summed E-state index contributed by atoms with van der Waals surface area (Å²) in [5.74, 6) is 0.984. The van der Waals surface area contributed by atoms with Gasteiger partial charge in [-0.05, 0) is 35.8 Å². The van der Waals surface area contributed by atoms with Crippen LogP contribution < -0.4 is 10.2 Å². The number of urea groups is 1. The van der Waals surface area contributed by atoms with E-state index in [0.717, 1.165) is 45.6 Å². The molecule has 150 valence electrons. The Morgan fingerprint density at radius 2 is 1.74 bits per heavy atom. The van der Waals surface area contributed by atoms with Crippen molar-refractivity contribution in [3.63, 3.8) is 0 Å². The molecule has 1 aromatic rings. The van der Waals surface area contributed by atoms with Crippen LogP contribution in [0.25, 0.3) is 0 Å². The second kappa shape index (κ2) is 8.96. The summed E-state index contributed by atoms with van der Waals surface area (Å²) < 4.78 is 5.60. The van der Waals surface area contributed by atoms with Crippen LogP contribution in [0, 0.1) is 0 Å². The minimum atomic E-state index is 0.0476. The first-order chi connectivity index (χ1) is 13.0. The van der Waals surface area contributed by atoms with Gasteiger partial charge in [0.15, 0.2) is 0 Å². The monoisotopic (exact) mass is 373 g/mol. The van der Waals surface area contributed by atoms with Gasteiger partial charge >= 0.3 is 6.03 Å². The first kappa shape index (κ1) is 20.0. The van der Waals surface area contributed by atoms with Crippen molar-refractivity contribution in [2.45, 2.75) is 58.5 Å². The van der Waals surface area contributed by atoms with Crippen molar-refractivity contribution in [1.82, 2.24) is 10.2 Å². The molecule has 1 N–H and O–H groups in total. The molecule has 5 heteroatoms. The number of amides is 2. The van der Waals surface area contributed by atoms with Gasteiger partial charge in [-0.15, -0.1) is 0 Å². The number of hydrogen-bond donors (Lipinski definition) is 1. The summed E-state index contributed by atoms with van der Waals surface area (Å²) in [6.45, 7) is 13.8. The predicted octanol–water partition coefficient (Wildman–Crippen LogP) is 3.94. The zero-order chi connectivity index (χ0) is 19.4. The van der Waals surface area contributed by atoms with Gasteiger partial charge in [0.2, 0.25) is 0 Å². The standard InChI is InChI=1S/C22H35N3O2/c1-16(2)19-8-5-9-20(17(3)4)21(19)24-10-12-25(13-11-24)22(26)23-15-18-7-6-14-27-18/h5,8-9,16-18H,6-7,10-15H2,1-4H3,(H,23,26). The second-order valence-electron chi connectivity index (χ2n) is 8.39. The van der Waals surface area contributed by atoms with Crippen molar-refractivity contribution in [3.05, 3.63) is 29.3 Å². The third kappa shape index (κ3) is 4.75. The number of nitrogens with zero attached hydrogens (tertiary/aromatic N) is 2. The maximum Gasteiger partial charge on any atom is 0.317 e. The van der Waals surface area contributed by atoms with E-state index in [1.807, 2.05) is 4.90 Å². The van der Waals surface area contributed by atoms with E-state index in [1.165, 1.54) is 16.8 Å². The van der Waals surface area contributed by atoms with Crippen LogP contribution in [0.4, 0.5) is 10.5 Å². The average molecular weight is 374 g/mol. The zero-order valence-corrected chi connectivity index (χ0v) is 17.3. The summed E-state index contributed by atoms with van der Waals surface area (Å²) in [5, 5.41) is 3.05. The van der Waals surface area contributed by atoms with Gasteiger partial charge in [0.05, 0.1) is 6.10 Å². The summed E-state index contributed by atoms with van der Waals surface area (Å²) in [7, 11) is 0. The number of piperazine rings is 1. The Morgan fingerprint density at radius 1 is 1.11 bits per heavy atom. The van der Waals surface area contributed by atoms with Gasteiger partial charge in [0, 0.05) is 45.0 Å². The molecule has 2 heterocycles. The van der Waals surface area contributed by atoms with E-state index >= 15 is 0 Å². The number of rotatable bonds is 5. The van der Waals surface area contributed by atoms with Crippen molar-refractivity contribution in [1.29, 1.82) is 0 Å². The van der Waals surface area contributed by atoms with Gasteiger partial charge in [-0.1, -0.05) is 45.9 Å². The van der Waals surface area contributed by atoms with Crippen LogP contribution in [0.5, 0.6) is 0 Å². The summed E-state index contributed by atoms with van der Waals surface area (Å²) >= 11 is 0.